The number of aryl methyl sites for hydroxylation is 2. The van der Waals surface area contributed by atoms with Gasteiger partial charge in [-0.15, -0.1) is 0 Å². The van der Waals surface area contributed by atoms with Gasteiger partial charge in [-0.3, -0.25) is 14.3 Å². The van der Waals surface area contributed by atoms with E-state index in [1.807, 2.05) is 38.1 Å². The van der Waals surface area contributed by atoms with Gasteiger partial charge in [-0.2, -0.15) is 8.42 Å². The van der Waals surface area contributed by atoms with E-state index < -0.39 is 26.4 Å². The molecule has 0 N–H and O–H groups in total. The molecule has 1 heterocycles. The van der Waals surface area contributed by atoms with E-state index in [0.29, 0.717) is 15.0 Å². The Hall–Kier alpha value is 3.15. The van der Waals surface area contributed by atoms with Crippen molar-refractivity contribution in [2.45, 2.75) is 36.7 Å². The maximum atomic E-state index is 12.8. The van der Waals surface area contributed by atoms with Crippen molar-refractivity contribution in [3.63, 3.8) is 0 Å². The van der Waals surface area contributed by atoms with Gasteiger partial charge in [0.05, 0.1) is 16.4 Å². The second-order valence-electron chi connectivity index (χ2n) is 10.2. The van der Waals surface area contributed by atoms with Crippen LogP contribution in [0.1, 0.15) is 34.2 Å². The standard InChI is InChI=1S/C23H19NO5S.C6Cl9N3.5HI.2V/c1-15-20-5-3-4-6-21(20)16(2)23-13-19(11-12-22(15)23)30(27,28)29-14-17-7-9-18(10-8-17)24(25)26;7-4(8,9)1-16-2(5(10,11)12)18-3(17-1)6(13,14)15;;;;;;;/h3-13H,14H2,1-2H3;;5*1H;;/q;;;;;;;+2;+3/p-5. The minimum atomic E-state index is -3.99. The fraction of sp³-hybridized carbons (Fsp3) is 0.207. The molecule has 0 aliphatic carbocycles. The summed E-state index contributed by atoms with van der Waals surface area (Å²) in [5.74, 6) is -0.986. The molecule has 4 aromatic carbocycles. The van der Waals surface area contributed by atoms with Gasteiger partial charge >= 0.3 is 114 Å². The predicted molar refractivity (Wildman–Crippen MR) is 264 cm³/mol. The molecular weight excluding hydrogens is 1570 g/mol. The van der Waals surface area contributed by atoms with Gasteiger partial charge in [0.15, 0.2) is 17.5 Å². The first kappa shape index (κ1) is 54.3. The van der Waals surface area contributed by atoms with Gasteiger partial charge in [0, 0.05) is 12.1 Å². The zero-order valence-electron chi connectivity index (χ0n) is 27.0. The summed E-state index contributed by atoms with van der Waals surface area (Å²) in [5.41, 5.74) is 2.58. The Bertz CT molecular complexity index is 2140. The van der Waals surface area contributed by atoms with Crippen molar-refractivity contribution in [3.05, 3.63) is 111 Å². The molecule has 0 saturated carbocycles. The van der Waals surface area contributed by atoms with Crippen LogP contribution in [0.15, 0.2) is 71.6 Å². The van der Waals surface area contributed by atoms with E-state index in [9.17, 15) is 18.5 Å². The van der Waals surface area contributed by atoms with Crippen molar-refractivity contribution in [2.75, 3.05) is 0 Å². The summed E-state index contributed by atoms with van der Waals surface area (Å²) in [6, 6.07) is 18.7. The molecule has 0 saturated heterocycles. The zero-order valence-corrected chi connectivity index (χ0v) is 48.2. The molecule has 9 nitrogen and oxygen atoms in total. The van der Waals surface area contributed by atoms with Crippen LogP contribution in [-0.2, 0) is 46.7 Å². The summed E-state index contributed by atoms with van der Waals surface area (Å²) in [6.45, 7) is 3.82. The summed E-state index contributed by atoms with van der Waals surface area (Å²) >= 11 is 62.7. The van der Waals surface area contributed by atoms with Crippen molar-refractivity contribution in [1.29, 1.82) is 0 Å². The molecule has 299 valence electrons. The summed E-state index contributed by atoms with van der Waals surface area (Å²) in [5, 5.41) is 14.8. The van der Waals surface area contributed by atoms with Crippen LogP contribution in [0.2, 0.25) is 0 Å². The van der Waals surface area contributed by atoms with Crippen molar-refractivity contribution in [3.8, 4) is 0 Å². The van der Waals surface area contributed by atoms with E-state index >= 15 is 0 Å². The quantitative estimate of drug-likeness (QED) is 0.0425. The number of non-ortho nitro benzene ring substituents is 1. The summed E-state index contributed by atoms with van der Waals surface area (Å²) in [4.78, 5) is 21.1. The van der Waals surface area contributed by atoms with Gasteiger partial charge < -0.3 is 0 Å². The average molecular weight is 1590 g/mol. The number of fused-ring (bicyclic) bond motifs is 2. The van der Waals surface area contributed by atoms with Crippen LogP contribution < -0.4 is 0 Å². The van der Waals surface area contributed by atoms with Gasteiger partial charge in [-0.1, -0.05) is 135 Å². The number of alkyl halides is 9. The number of nitro benzene ring substituents is 1. The molecule has 0 bridgehead atoms. The molecule has 0 aliphatic heterocycles. The molecule has 55 heavy (non-hydrogen) atoms. The molecule has 0 amide bonds. The molecule has 5 aromatic rings. The minimum absolute atomic E-state index is 0.0609. The number of benzene rings is 4. The second kappa shape index (κ2) is 24.3. The number of hydrogen-bond donors (Lipinski definition) is 0. The number of nitro groups is 1. The average Bonchev–Trinajstić information content (AvgIpc) is 3.09. The molecular formula is C29H19Cl9I5N4O5SV2. The molecule has 26 heteroatoms. The first-order valence-corrected chi connectivity index (χ1v) is 41.3. The molecule has 1 aromatic heterocycles. The van der Waals surface area contributed by atoms with Crippen LogP contribution in [0.3, 0.4) is 0 Å². The Kier molecular flexibility index (Phi) is 24.0. The van der Waals surface area contributed by atoms with Crippen molar-refractivity contribution in [2.24, 2.45) is 0 Å². The number of nitrogens with zero attached hydrogens (tertiary/aromatic N) is 4. The number of rotatable bonds is 5. The van der Waals surface area contributed by atoms with Crippen molar-refractivity contribution in [1.82, 2.24) is 15.0 Å². The van der Waals surface area contributed by atoms with E-state index in [4.69, 9.17) is 109 Å². The number of hydrogen-bond acceptors (Lipinski definition) is 8. The molecule has 0 atom stereocenters. The van der Waals surface area contributed by atoms with Crippen molar-refractivity contribution < 1.29 is 31.9 Å². The third-order valence-electron chi connectivity index (χ3n) is 6.75. The van der Waals surface area contributed by atoms with E-state index in [1.165, 1.54) is 24.3 Å². The maximum absolute atomic E-state index is 12.8. The number of halogens is 14. The van der Waals surface area contributed by atoms with E-state index in [-0.39, 0.29) is 39.6 Å². The van der Waals surface area contributed by atoms with E-state index in [2.05, 4.69) is 121 Å². The van der Waals surface area contributed by atoms with Gasteiger partial charge in [0.25, 0.3) is 15.8 Å². The van der Waals surface area contributed by atoms with Gasteiger partial charge in [-0.05, 0) is 76.3 Å². The summed E-state index contributed by atoms with van der Waals surface area (Å²) < 4.78 is 24.8. The fourth-order valence-electron chi connectivity index (χ4n) is 4.43. The fourth-order valence-corrected chi connectivity index (χ4v) is 6.11. The molecule has 0 aliphatic rings. The topological polar surface area (TPSA) is 125 Å². The van der Waals surface area contributed by atoms with Crippen LogP contribution >= 0.6 is 204 Å². The van der Waals surface area contributed by atoms with Crippen LogP contribution in [0.4, 0.5) is 5.69 Å². The normalized spacial score (nSPS) is 11.9. The summed E-state index contributed by atoms with van der Waals surface area (Å²) in [7, 11) is -3.37. The summed E-state index contributed by atoms with van der Waals surface area (Å²) in [6.07, 6.45) is 0. The Morgan fingerprint density at radius 2 is 1.07 bits per heavy atom. The molecule has 0 unspecified atom stereocenters. The Labute approximate surface area is 428 Å². The van der Waals surface area contributed by atoms with Gasteiger partial charge in [-0.25, -0.2) is 15.0 Å². The third-order valence-corrected chi connectivity index (χ3v) is 9.53. The van der Waals surface area contributed by atoms with Crippen LogP contribution in [0.5, 0.6) is 0 Å². The van der Waals surface area contributed by atoms with Crippen LogP contribution in [-0.4, -0.2) is 28.3 Å². The third kappa shape index (κ3) is 17.7. The second-order valence-corrected chi connectivity index (χ2v) is 65.8. The van der Waals surface area contributed by atoms with E-state index in [1.54, 1.807) is 12.1 Å². The zero-order chi connectivity index (χ0) is 42.1. The molecule has 5 rings (SSSR count). The SMILES string of the molecule is Cc1c2ccccc2c(C)c2cc(S(=O)(=O)OCc3ccc([N+](=O)[O-])cc3)ccc12.ClC(Cl)(Cl)c1nc(C(Cl)(Cl)Cl)nc(C(Cl)(Cl)Cl)n1.[I][V]([I])[I].[I][V][I]. The monoisotopic (exact) mass is 1590 g/mol. The van der Waals surface area contributed by atoms with Gasteiger partial charge in [0.2, 0.25) is 11.4 Å². The van der Waals surface area contributed by atoms with E-state index in [0.717, 1.165) is 32.7 Å². The first-order chi connectivity index (χ1) is 25.2. The predicted octanol–water partition coefficient (Wildman–Crippen LogP) is 15.2. The molecule has 0 radical (unpaired) electrons. The van der Waals surface area contributed by atoms with Gasteiger partial charge in [0.1, 0.15) is 0 Å². The Morgan fingerprint density at radius 3 is 1.44 bits per heavy atom. The van der Waals surface area contributed by atoms with Crippen molar-refractivity contribution >= 4 is 242 Å². The first-order valence-electron chi connectivity index (χ1n) is 14.0. The Morgan fingerprint density at radius 1 is 0.709 bits per heavy atom. The van der Waals surface area contributed by atoms with Crippen LogP contribution in [0.25, 0.3) is 21.5 Å². The molecule has 0 spiro atoms. The Balaban J connectivity index is 0.000000355. The molecule has 0 fully saturated rings. The number of aromatic nitrogens is 3. The van der Waals surface area contributed by atoms with Crippen LogP contribution in [0, 0.1) is 24.0 Å².